The first-order valence-electron chi connectivity index (χ1n) is 5.14. The highest BCUT2D eigenvalue weighted by Gasteiger charge is 2.22. The summed E-state index contributed by atoms with van der Waals surface area (Å²) in [5.74, 6) is 0.981. The molecule has 0 spiro atoms. The van der Waals surface area contributed by atoms with Crippen LogP contribution in [0.2, 0.25) is 0 Å². The van der Waals surface area contributed by atoms with Crippen LogP contribution >= 0.6 is 0 Å². The highest BCUT2D eigenvalue weighted by Crippen LogP contribution is 2.35. The van der Waals surface area contributed by atoms with E-state index in [4.69, 9.17) is 0 Å². The maximum Gasteiger partial charge on any atom is 0.159 e. The van der Waals surface area contributed by atoms with Crippen LogP contribution in [-0.4, -0.2) is 5.78 Å². The average Bonchev–Trinajstić information content (AvgIpc) is 2.45. The van der Waals surface area contributed by atoms with Crippen LogP contribution in [0.1, 0.15) is 39.0 Å². The normalized spacial score (nSPS) is 36.7. The second kappa shape index (κ2) is 3.49. The minimum absolute atomic E-state index is 0.301. The zero-order valence-electron chi connectivity index (χ0n) is 8.18. The van der Waals surface area contributed by atoms with E-state index >= 15 is 0 Å². The van der Waals surface area contributed by atoms with Gasteiger partial charge in [0.25, 0.3) is 0 Å². The van der Waals surface area contributed by atoms with Crippen LogP contribution < -0.4 is 0 Å². The lowest BCUT2D eigenvalue weighted by molar-refractivity contribution is -0.114. The van der Waals surface area contributed by atoms with E-state index in [-0.39, 0.29) is 0 Å². The Morgan fingerprint density at radius 3 is 3.15 bits per heavy atom. The van der Waals surface area contributed by atoms with Crippen molar-refractivity contribution in [2.24, 2.45) is 5.92 Å². The Bertz CT molecular complexity index is 283. The molecule has 13 heavy (non-hydrogen) atoms. The summed E-state index contributed by atoms with van der Waals surface area (Å²) in [5.41, 5.74) is 2.65. The summed E-state index contributed by atoms with van der Waals surface area (Å²) in [6.07, 6.45) is 9.67. The maximum absolute atomic E-state index is 11.5. The van der Waals surface area contributed by atoms with E-state index in [1.807, 2.05) is 6.08 Å². The van der Waals surface area contributed by atoms with Gasteiger partial charge in [0.05, 0.1) is 0 Å². The van der Waals surface area contributed by atoms with Crippen molar-refractivity contribution in [1.82, 2.24) is 0 Å². The molecular formula is C12H16O. The van der Waals surface area contributed by atoms with Gasteiger partial charge in [-0.05, 0) is 44.6 Å². The number of allylic oxidation sites excluding steroid dienone is 4. The Morgan fingerprint density at radius 1 is 1.46 bits per heavy atom. The molecule has 1 heteroatoms. The average molecular weight is 176 g/mol. The first kappa shape index (κ1) is 8.74. The molecular weight excluding hydrogens is 160 g/mol. The van der Waals surface area contributed by atoms with Gasteiger partial charge in [0.1, 0.15) is 0 Å². The summed E-state index contributed by atoms with van der Waals surface area (Å²) in [7, 11) is 0. The van der Waals surface area contributed by atoms with E-state index in [2.05, 4.69) is 13.0 Å². The van der Waals surface area contributed by atoms with Gasteiger partial charge < -0.3 is 0 Å². The van der Waals surface area contributed by atoms with Crippen molar-refractivity contribution in [3.63, 3.8) is 0 Å². The van der Waals surface area contributed by atoms with Crippen molar-refractivity contribution in [3.05, 3.63) is 23.3 Å². The molecule has 1 fully saturated rings. The largest absolute Gasteiger partial charge is 0.295 e. The van der Waals surface area contributed by atoms with E-state index < -0.39 is 0 Å². The molecule has 0 aliphatic heterocycles. The van der Waals surface area contributed by atoms with Crippen LogP contribution in [0.25, 0.3) is 0 Å². The molecule has 0 aromatic rings. The molecule has 0 radical (unpaired) electrons. The summed E-state index contributed by atoms with van der Waals surface area (Å²) in [6, 6.07) is 0. The number of hydrogen-bond acceptors (Lipinski definition) is 1. The van der Waals surface area contributed by atoms with E-state index in [1.165, 1.54) is 24.0 Å². The van der Waals surface area contributed by atoms with Gasteiger partial charge in [-0.3, -0.25) is 4.79 Å². The molecule has 0 N–H and O–H groups in total. The van der Waals surface area contributed by atoms with Crippen LogP contribution in [0.4, 0.5) is 0 Å². The minimum atomic E-state index is 0.301. The number of fused-ring (bicyclic) bond motifs is 1. The van der Waals surface area contributed by atoms with Crippen LogP contribution in [-0.2, 0) is 4.79 Å². The molecule has 1 unspecified atom stereocenters. The lowest BCUT2D eigenvalue weighted by Crippen LogP contribution is -2.04. The fraction of sp³-hybridized carbons (Fsp3) is 0.583. The number of rotatable bonds is 0. The minimum Gasteiger partial charge on any atom is -0.295 e. The Labute approximate surface area is 79.5 Å². The van der Waals surface area contributed by atoms with Gasteiger partial charge in [-0.1, -0.05) is 17.2 Å². The molecule has 1 atom stereocenters. The molecule has 2 rings (SSSR count). The Morgan fingerprint density at radius 2 is 2.31 bits per heavy atom. The van der Waals surface area contributed by atoms with Crippen molar-refractivity contribution in [1.29, 1.82) is 0 Å². The maximum atomic E-state index is 11.5. The highest BCUT2D eigenvalue weighted by atomic mass is 16.1. The first-order valence-corrected chi connectivity index (χ1v) is 5.14. The van der Waals surface area contributed by atoms with Crippen molar-refractivity contribution in [2.75, 3.05) is 0 Å². The Hall–Kier alpha value is -0.850. The molecule has 70 valence electrons. The van der Waals surface area contributed by atoms with Crippen molar-refractivity contribution in [2.45, 2.75) is 39.0 Å². The zero-order valence-corrected chi connectivity index (χ0v) is 8.18. The van der Waals surface area contributed by atoms with Crippen molar-refractivity contribution in [3.8, 4) is 0 Å². The molecule has 0 heterocycles. The molecule has 1 nitrogen and oxygen atoms in total. The molecule has 2 aliphatic carbocycles. The Balaban J connectivity index is 2.22. The highest BCUT2D eigenvalue weighted by molar-refractivity contribution is 5.92. The van der Waals surface area contributed by atoms with Crippen LogP contribution in [0.3, 0.4) is 0 Å². The van der Waals surface area contributed by atoms with Gasteiger partial charge in [0, 0.05) is 6.42 Å². The zero-order chi connectivity index (χ0) is 9.26. The summed E-state index contributed by atoms with van der Waals surface area (Å²) in [5, 5.41) is 0. The third-order valence-corrected chi connectivity index (χ3v) is 3.09. The van der Waals surface area contributed by atoms with E-state index in [1.54, 1.807) is 0 Å². The van der Waals surface area contributed by atoms with Crippen molar-refractivity contribution < 1.29 is 4.79 Å². The third kappa shape index (κ3) is 1.90. The van der Waals surface area contributed by atoms with E-state index in [0.29, 0.717) is 18.1 Å². The second-order valence-electron chi connectivity index (χ2n) is 4.24. The molecule has 0 aromatic carbocycles. The van der Waals surface area contributed by atoms with Gasteiger partial charge in [0.2, 0.25) is 0 Å². The lowest BCUT2D eigenvalue weighted by atomic mass is 9.92. The van der Waals surface area contributed by atoms with Gasteiger partial charge in [-0.2, -0.15) is 0 Å². The summed E-state index contributed by atoms with van der Waals surface area (Å²) in [6.45, 7) is 2.06. The topological polar surface area (TPSA) is 17.1 Å². The second-order valence-corrected chi connectivity index (χ2v) is 4.24. The van der Waals surface area contributed by atoms with Gasteiger partial charge in [-0.25, -0.2) is 0 Å². The summed E-state index contributed by atoms with van der Waals surface area (Å²) < 4.78 is 0. The summed E-state index contributed by atoms with van der Waals surface area (Å²) in [4.78, 5) is 11.5. The molecule has 0 bridgehead atoms. The fourth-order valence-corrected chi connectivity index (χ4v) is 2.35. The molecule has 1 saturated carbocycles. The predicted molar refractivity (Wildman–Crippen MR) is 53.4 cm³/mol. The monoisotopic (exact) mass is 176 g/mol. The van der Waals surface area contributed by atoms with Crippen molar-refractivity contribution >= 4 is 5.78 Å². The third-order valence-electron chi connectivity index (χ3n) is 3.09. The van der Waals surface area contributed by atoms with Gasteiger partial charge >= 0.3 is 0 Å². The van der Waals surface area contributed by atoms with Crippen LogP contribution in [0, 0.1) is 5.92 Å². The van der Waals surface area contributed by atoms with E-state index in [9.17, 15) is 4.79 Å². The SMILES string of the molecule is C/C1=C/CC2CCC/C2=C/C(=O)C1. The predicted octanol–water partition coefficient (Wildman–Crippen LogP) is 3.02. The van der Waals surface area contributed by atoms with Crippen LogP contribution in [0.5, 0.6) is 0 Å². The smallest absolute Gasteiger partial charge is 0.159 e. The summed E-state index contributed by atoms with van der Waals surface area (Å²) >= 11 is 0. The lowest BCUT2D eigenvalue weighted by Gasteiger charge is -2.12. The molecule has 0 aromatic heterocycles. The quantitative estimate of drug-likeness (QED) is 0.518. The van der Waals surface area contributed by atoms with Crippen LogP contribution in [0.15, 0.2) is 23.3 Å². The van der Waals surface area contributed by atoms with E-state index in [0.717, 1.165) is 12.8 Å². The van der Waals surface area contributed by atoms with Gasteiger partial charge in [-0.15, -0.1) is 0 Å². The molecule has 2 aliphatic rings. The standard InChI is InChI=1S/C12H16O/c1-9-5-6-10-3-2-4-11(10)8-12(13)7-9/h5,8,10H,2-4,6-7H2,1H3/b9-5-,11-8-. The Kier molecular flexibility index (Phi) is 2.34. The molecule has 0 saturated heterocycles. The first-order chi connectivity index (χ1) is 6.25. The molecule has 0 amide bonds. The number of ketones is 1. The number of carbonyl (C=O) groups is 1. The number of hydrogen-bond donors (Lipinski definition) is 0. The van der Waals surface area contributed by atoms with Gasteiger partial charge in [0.15, 0.2) is 5.78 Å². The number of carbonyl (C=O) groups excluding carboxylic acids is 1. The fourth-order valence-electron chi connectivity index (χ4n) is 2.35.